The molecule has 0 amide bonds. The fraction of sp³-hybridized carbons (Fsp3) is 0.500. The van der Waals surface area contributed by atoms with E-state index in [1.807, 2.05) is 18.2 Å². The van der Waals surface area contributed by atoms with Crippen LogP contribution in [0.15, 0.2) is 30.3 Å². The van der Waals surface area contributed by atoms with Crippen molar-refractivity contribution in [3.8, 4) is 6.07 Å². The van der Waals surface area contributed by atoms with Crippen LogP contribution in [0.4, 0.5) is 0 Å². The molecule has 0 unspecified atom stereocenters. The molecular formula is C14H18N2O. The van der Waals surface area contributed by atoms with E-state index in [0.29, 0.717) is 6.04 Å². The summed E-state index contributed by atoms with van der Waals surface area (Å²) in [5.74, 6) is 0. The first kappa shape index (κ1) is 12.1. The van der Waals surface area contributed by atoms with Crippen molar-refractivity contribution in [1.82, 2.24) is 5.32 Å². The molecular weight excluding hydrogens is 212 g/mol. The maximum atomic E-state index is 9.38. The van der Waals surface area contributed by atoms with Crippen LogP contribution in [0, 0.1) is 11.3 Å². The van der Waals surface area contributed by atoms with Crippen LogP contribution in [-0.2, 0) is 10.2 Å². The average Bonchev–Trinajstić information content (AvgIpc) is 2.34. The van der Waals surface area contributed by atoms with Crippen LogP contribution in [0.5, 0.6) is 0 Å². The smallest absolute Gasteiger partial charge is 0.0852 e. The summed E-state index contributed by atoms with van der Waals surface area (Å²) in [5, 5.41) is 12.8. The number of rotatable bonds is 5. The molecule has 17 heavy (non-hydrogen) atoms. The van der Waals surface area contributed by atoms with E-state index in [1.165, 1.54) is 0 Å². The van der Waals surface area contributed by atoms with Gasteiger partial charge in [-0.15, -0.1) is 0 Å². The summed E-state index contributed by atoms with van der Waals surface area (Å²) in [7, 11) is 1.70. The summed E-state index contributed by atoms with van der Waals surface area (Å²) in [6, 6.07) is 13.0. The predicted molar refractivity (Wildman–Crippen MR) is 66.6 cm³/mol. The van der Waals surface area contributed by atoms with Crippen molar-refractivity contribution in [3.05, 3.63) is 35.9 Å². The lowest BCUT2D eigenvalue weighted by Crippen LogP contribution is -2.51. The third kappa shape index (κ3) is 2.49. The van der Waals surface area contributed by atoms with E-state index < -0.39 is 0 Å². The fourth-order valence-electron chi connectivity index (χ4n) is 2.44. The molecule has 1 fully saturated rings. The first-order valence-electron chi connectivity index (χ1n) is 6.00. The van der Waals surface area contributed by atoms with Gasteiger partial charge in [0.15, 0.2) is 0 Å². The van der Waals surface area contributed by atoms with Crippen LogP contribution in [0.25, 0.3) is 0 Å². The minimum absolute atomic E-state index is 0.272. The molecule has 0 bridgehead atoms. The van der Waals surface area contributed by atoms with Crippen molar-refractivity contribution in [2.75, 3.05) is 20.3 Å². The number of hydrogen-bond acceptors (Lipinski definition) is 3. The van der Waals surface area contributed by atoms with Crippen LogP contribution in [0.3, 0.4) is 0 Å². The number of ether oxygens (including phenoxy) is 1. The van der Waals surface area contributed by atoms with Crippen LogP contribution >= 0.6 is 0 Å². The van der Waals surface area contributed by atoms with Gasteiger partial charge in [0, 0.05) is 19.7 Å². The van der Waals surface area contributed by atoms with Gasteiger partial charge in [0.1, 0.15) is 0 Å². The maximum absolute atomic E-state index is 9.38. The Morgan fingerprint density at radius 3 is 2.71 bits per heavy atom. The third-order valence-corrected chi connectivity index (χ3v) is 3.47. The van der Waals surface area contributed by atoms with E-state index in [1.54, 1.807) is 7.11 Å². The Hall–Kier alpha value is -1.37. The number of methoxy groups -OCH3 is 1. The number of nitrogens with one attached hydrogen (secondary N) is 1. The minimum Gasteiger partial charge on any atom is -0.383 e. The summed E-state index contributed by atoms with van der Waals surface area (Å²) in [6.45, 7) is 1.58. The third-order valence-electron chi connectivity index (χ3n) is 3.47. The standard InChI is InChI=1S/C14H18N2O/c1-17-8-7-16-13-9-14(10-13,11-15)12-5-3-2-4-6-12/h2-6,13,16H,7-10H2,1H3. The predicted octanol–water partition coefficient (Wildman–Crippen LogP) is 1.85. The Kier molecular flexibility index (Phi) is 3.78. The first-order chi connectivity index (χ1) is 8.30. The van der Waals surface area contributed by atoms with Gasteiger partial charge >= 0.3 is 0 Å². The normalized spacial score (nSPS) is 27.2. The highest BCUT2D eigenvalue weighted by molar-refractivity contribution is 5.36. The van der Waals surface area contributed by atoms with E-state index in [-0.39, 0.29) is 5.41 Å². The topological polar surface area (TPSA) is 45.0 Å². The number of nitriles is 1. The molecule has 2 rings (SSSR count). The van der Waals surface area contributed by atoms with Gasteiger partial charge in [-0.1, -0.05) is 30.3 Å². The molecule has 1 saturated carbocycles. The van der Waals surface area contributed by atoms with E-state index in [0.717, 1.165) is 31.6 Å². The lowest BCUT2D eigenvalue weighted by Gasteiger charge is -2.43. The summed E-state index contributed by atoms with van der Waals surface area (Å²) in [6.07, 6.45) is 1.80. The molecule has 0 spiro atoms. The summed E-state index contributed by atoms with van der Waals surface area (Å²) < 4.78 is 5.00. The molecule has 3 heteroatoms. The quantitative estimate of drug-likeness (QED) is 0.785. The van der Waals surface area contributed by atoms with Gasteiger partial charge in [0.25, 0.3) is 0 Å². The average molecular weight is 230 g/mol. The second-order valence-electron chi connectivity index (χ2n) is 4.61. The first-order valence-corrected chi connectivity index (χ1v) is 6.00. The summed E-state index contributed by atoms with van der Waals surface area (Å²) in [5.41, 5.74) is 0.874. The maximum Gasteiger partial charge on any atom is 0.0852 e. The highest BCUT2D eigenvalue weighted by Gasteiger charge is 2.45. The molecule has 1 aliphatic carbocycles. The van der Waals surface area contributed by atoms with Crippen LogP contribution in [0.2, 0.25) is 0 Å². The molecule has 0 atom stereocenters. The molecule has 0 aliphatic heterocycles. The van der Waals surface area contributed by atoms with E-state index in [9.17, 15) is 5.26 Å². The largest absolute Gasteiger partial charge is 0.383 e. The minimum atomic E-state index is -0.272. The van der Waals surface area contributed by atoms with Gasteiger partial charge < -0.3 is 10.1 Å². The van der Waals surface area contributed by atoms with Crippen LogP contribution in [-0.4, -0.2) is 26.3 Å². The van der Waals surface area contributed by atoms with E-state index in [2.05, 4.69) is 23.5 Å². The van der Waals surface area contributed by atoms with Gasteiger partial charge in [-0.05, 0) is 18.4 Å². The lowest BCUT2D eigenvalue weighted by molar-refractivity contribution is 0.172. The van der Waals surface area contributed by atoms with Crippen LogP contribution < -0.4 is 5.32 Å². The molecule has 1 aliphatic rings. The molecule has 3 nitrogen and oxygen atoms in total. The number of nitrogens with zero attached hydrogens (tertiary/aromatic N) is 1. The molecule has 1 N–H and O–H groups in total. The van der Waals surface area contributed by atoms with Gasteiger partial charge in [-0.25, -0.2) is 0 Å². The van der Waals surface area contributed by atoms with E-state index >= 15 is 0 Å². The molecule has 0 radical (unpaired) electrons. The van der Waals surface area contributed by atoms with Crippen molar-refractivity contribution in [1.29, 1.82) is 5.26 Å². The molecule has 0 heterocycles. The molecule has 0 saturated heterocycles. The zero-order valence-electron chi connectivity index (χ0n) is 10.1. The van der Waals surface area contributed by atoms with Crippen molar-refractivity contribution < 1.29 is 4.74 Å². The fourth-order valence-corrected chi connectivity index (χ4v) is 2.44. The Morgan fingerprint density at radius 2 is 2.12 bits per heavy atom. The second kappa shape index (κ2) is 5.31. The Bertz CT molecular complexity index is 390. The molecule has 90 valence electrons. The van der Waals surface area contributed by atoms with Crippen molar-refractivity contribution in [2.45, 2.75) is 24.3 Å². The Labute approximate surface area is 102 Å². The SMILES string of the molecule is COCCNC1CC(C#N)(c2ccccc2)C1. The lowest BCUT2D eigenvalue weighted by atomic mass is 9.62. The van der Waals surface area contributed by atoms with Gasteiger partial charge in [0.2, 0.25) is 0 Å². The molecule has 1 aromatic rings. The summed E-state index contributed by atoms with van der Waals surface area (Å²) in [4.78, 5) is 0. The van der Waals surface area contributed by atoms with Gasteiger partial charge in [0.05, 0.1) is 18.1 Å². The van der Waals surface area contributed by atoms with Crippen LogP contribution in [0.1, 0.15) is 18.4 Å². The van der Waals surface area contributed by atoms with Crippen molar-refractivity contribution >= 4 is 0 Å². The highest BCUT2D eigenvalue weighted by atomic mass is 16.5. The van der Waals surface area contributed by atoms with Gasteiger partial charge in [-0.2, -0.15) is 5.26 Å². The van der Waals surface area contributed by atoms with Gasteiger partial charge in [-0.3, -0.25) is 0 Å². The Morgan fingerprint density at radius 1 is 1.41 bits per heavy atom. The zero-order chi connectivity index (χ0) is 12.1. The monoisotopic (exact) mass is 230 g/mol. The molecule has 1 aromatic carbocycles. The second-order valence-corrected chi connectivity index (χ2v) is 4.61. The van der Waals surface area contributed by atoms with E-state index in [4.69, 9.17) is 4.74 Å². The summed E-state index contributed by atoms with van der Waals surface area (Å²) >= 11 is 0. The Balaban J connectivity index is 1.92. The van der Waals surface area contributed by atoms with Crippen molar-refractivity contribution in [2.24, 2.45) is 0 Å². The number of benzene rings is 1. The highest BCUT2D eigenvalue weighted by Crippen LogP contribution is 2.43. The zero-order valence-corrected chi connectivity index (χ0v) is 10.1. The molecule has 0 aromatic heterocycles. The van der Waals surface area contributed by atoms with Crippen molar-refractivity contribution in [3.63, 3.8) is 0 Å². The number of hydrogen-bond donors (Lipinski definition) is 1.